The predicted molar refractivity (Wildman–Crippen MR) is 54.1 cm³/mol. The van der Waals surface area contributed by atoms with Crippen molar-refractivity contribution in [3.8, 4) is 11.1 Å². The van der Waals surface area contributed by atoms with Crippen LogP contribution in [0.2, 0.25) is 0 Å². The van der Waals surface area contributed by atoms with Crippen LogP contribution in [0.25, 0.3) is 11.1 Å². The van der Waals surface area contributed by atoms with E-state index in [1.54, 1.807) is 35.6 Å². The van der Waals surface area contributed by atoms with Crippen LogP contribution in [0.5, 0.6) is 0 Å². The van der Waals surface area contributed by atoms with Gasteiger partial charge in [0.25, 0.3) is 0 Å². The molecule has 0 spiro atoms. The van der Waals surface area contributed by atoms with Crippen molar-refractivity contribution in [3.05, 3.63) is 46.7 Å². The van der Waals surface area contributed by atoms with E-state index in [1.807, 2.05) is 16.8 Å². The average molecular weight is 203 g/mol. The highest BCUT2D eigenvalue weighted by Crippen LogP contribution is 2.21. The van der Waals surface area contributed by atoms with E-state index in [0.717, 1.165) is 11.1 Å². The molecule has 0 atom stereocenters. The van der Waals surface area contributed by atoms with E-state index < -0.39 is 5.97 Å². The minimum Gasteiger partial charge on any atom is -0.545 e. The zero-order valence-electron chi connectivity index (χ0n) is 7.27. The van der Waals surface area contributed by atoms with Gasteiger partial charge in [-0.2, -0.15) is 11.3 Å². The monoisotopic (exact) mass is 203 g/mol. The third kappa shape index (κ3) is 1.67. The molecule has 0 fully saturated rings. The fourth-order valence-corrected chi connectivity index (χ4v) is 1.89. The molecule has 3 heteroatoms. The van der Waals surface area contributed by atoms with Crippen molar-refractivity contribution < 1.29 is 9.90 Å². The van der Waals surface area contributed by atoms with E-state index in [4.69, 9.17) is 0 Å². The Labute approximate surface area is 85.4 Å². The van der Waals surface area contributed by atoms with Gasteiger partial charge in [0, 0.05) is 0 Å². The average Bonchev–Trinajstić information content (AvgIpc) is 2.71. The maximum absolute atomic E-state index is 10.5. The molecule has 0 amide bonds. The molecule has 0 bridgehead atoms. The lowest BCUT2D eigenvalue weighted by Crippen LogP contribution is -2.21. The maximum Gasteiger partial charge on any atom is 0.0715 e. The zero-order valence-corrected chi connectivity index (χ0v) is 8.08. The van der Waals surface area contributed by atoms with Crippen molar-refractivity contribution in [1.82, 2.24) is 0 Å². The lowest BCUT2D eigenvalue weighted by Gasteiger charge is -2.02. The first-order chi connectivity index (χ1) is 6.77. The molecular weight excluding hydrogens is 196 g/mol. The fourth-order valence-electron chi connectivity index (χ4n) is 1.23. The smallest absolute Gasteiger partial charge is 0.0715 e. The Morgan fingerprint density at radius 3 is 2.29 bits per heavy atom. The fraction of sp³-hybridized carbons (Fsp3) is 0. The highest BCUT2D eigenvalue weighted by molar-refractivity contribution is 7.08. The van der Waals surface area contributed by atoms with Gasteiger partial charge in [0.05, 0.1) is 5.97 Å². The molecular formula is C11H7O2S-. The topological polar surface area (TPSA) is 40.1 Å². The molecule has 14 heavy (non-hydrogen) atoms. The third-order valence-electron chi connectivity index (χ3n) is 1.98. The lowest BCUT2D eigenvalue weighted by atomic mass is 10.1. The van der Waals surface area contributed by atoms with E-state index in [-0.39, 0.29) is 5.56 Å². The Kier molecular flexibility index (Phi) is 2.33. The molecule has 1 aromatic heterocycles. The van der Waals surface area contributed by atoms with Gasteiger partial charge in [-0.3, -0.25) is 0 Å². The van der Waals surface area contributed by atoms with Gasteiger partial charge in [0.1, 0.15) is 0 Å². The van der Waals surface area contributed by atoms with Crippen molar-refractivity contribution in [1.29, 1.82) is 0 Å². The minimum absolute atomic E-state index is 0.212. The second kappa shape index (κ2) is 3.64. The summed E-state index contributed by atoms with van der Waals surface area (Å²) in [4.78, 5) is 10.5. The summed E-state index contributed by atoms with van der Waals surface area (Å²) in [6, 6.07) is 8.68. The molecule has 0 saturated carbocycles. The Morgan fingerprint density at radius 2 is 1.79 bits per heavy atom. The summed E-state index contributed by atoms with van der Waals surface area (Å²) in [7, 11) is 0. The van der Waals surface area contributed by atoms with Crippen LogP contribution in [0.15, 0.2) is 41.1 Å². The molecule has 2 rings (SSSR count). The van der Waals surface area contributed by atoms with Crippen LogP contribution in [-0.4, -0.2) is 5.97 Å². The number of hydrogen-bond donors (Lipinski definition) is 0. The first-order valence-electron chi connectivity index (χ1n) is 4.11. The number of rotatable bonds is 2. The first-order valence-corrected chi connectivity index (χ1v) is 5.05. The maximum atomic E-state index is 10.5. The summed E-state index contributed by atoms with van der Waals surface area (Å²) in [5.74, 6) is -1.14. The second-order valence-corrected chi connectivity index (χ2v) is 3.66. The van der Waals surface area contributed by atoms with Crippen LogP contribution in [-0.2, 0) is 0 Å². The van der Waals surface area contributed by atoms with E-state index in [1.165, 1.54) is 0 Å². The Balaban J connectivity index is 2.36. The number of aromatic carboxylic acids is 1. The Bertz CT molecular complexity index is 429. The lowest BCUT2D eigenvalue weighted by molar-refractivity contribution is -0.255. The molecule has 1 aromatic carbocycles. The van der Waals surface area contributed by atoms with Gasteiger partial charge >= 0.3 is 0 Å². The van der Waals surface area contributed by atoms with Gasteiger partial charge in [-0.25, -0.2) is 0 Å². The molecule has 0 N–H and O–H groups in total. The number of carbonyl (C=O) groups is 1. The first kappa shape index (κ1) is 8.97. The summed E-state index contributed by atoms with van der Waals surface area (Å²) in [5.41, 5.74) is 2.35. The molecule has 0 aliphatic rings. The molecule has 0 saturated heterocycles. The predicted octanol–water partition coefficient (Wildman–Crippen LogP) is 1.78. The number of carbonyl (C=O) groups excluding carboxylic acids is 1. The van der Waals surface area contributed by atoms with E-state index in [2.05, 4.69) is 0 Å². The van der Waals surface area contributed by atoms with E-state index >= 15 is 0 Å². The summed E-state index contributed by atoms with van der Waals surface area (Å²) in [6.07, 6.45) is 0. The van der Waals surface area contributed by atoms with Crippen LogP contribution >= 0.6 is 11.3 Å². The number of benzene rings is 1. The summed E-state index contributed by atoms with van der Waals surface area (Å²) in [6.45, 7) is 0. The van der Waals surface area contributed by atoms with Crippen LogP contribution in [0.1, 0.15) is 10.4 Å². The molecule has 0 aliphatic carbocycles. The summed E-state index contributed by atoms with van der Waals surface area (Å²) < 4.78 is 0. The van der Waals surface area contributed by atoms with E-state index in [0.29, 0.717) is 0 Å². The van der Waals surface area contributed by atoms with Crippen molar-refractivity contribution in [3.63, 3.8) is 0 Å². The largest absolute Gasteiger partial charge is 0.545 e. The van der Waals surface area contributed by atoms with Crippen molar-refractivity contribution in [2.75, 3.05) is 0 Å². The van der Waals surface area contributed by atoms with Gasteiger partial charge in [0.2, 0.25) is 0 Å². The number of carboxylic acid groups (broad SMARTS) is 1. The van der Waals surface area contributed by atoms with Crippen LogP contribution < -0.4 is 5.11 Å². The molecule has 2 aromatic rings. The van der Waals surface area contributed by atoms with E-state index in [9.17, 15) is 9.90 Å². The Hall–Kier alpha value is -1.61. The Morgan fingerprint density at radius 1 is 1.07 bits per heavy atom. The van der Waals surface area contributed by atoms with Gasteiger partial charge in [-0.05, 0) is 33.5 Å². The van der Waals surface area contributed by atoms with Gasteiger partial charge in [0.15, 0.2) is 0 Å². The highest BCUT2D eigenvalue weighted by Gasteiger charge is 1.98. The third-order valence-corrected chi connectivity index (χ3v) is 2.66. The van der Waals surface area contributed by atoms with Crippen LogP contribution in [0.4, 0.5) is 0 Å². The molecule has 2 nitrogen and oxygen atoms in total. The molecule has 0 radical (unpaired) electrons. The van der Waals surface area contributed by atoms with Gasteiger partial charge in [-0.1, -0.05) is 24.3 Å². The van der Waals surface area contributed by atoms with Crippen LogP contribution in [0, 0.1) is 0 Å². The minimum atomic E-state index is -1.14. The molecule has 70 valence electrons. The number of carboxylic acids is 1. The molecule has 0 unspecified atom stereocenters. The summed E-state index contributed by atoms with van der Waals surface area (Å²) >= 11 is 1.62. The van der Waals surface area contributed by atoms with Gasteiger partial charge < -0.3 is 9.90 Å². The van der Waals surface area contributed by atoms with Crippen molar-refractivity contribution >= 4 is 17.3 Å². The molecule has 0 aliphatic heterocycles. The number of hydrogen-bond acceptors (Lipinski definition) is 3. The standard InChI is InChI=1S/C11H8O2S/c12-11(13)9-3-1-8(2-4-9)10-5-6-14-7-10/h1-7H,(H,12,13)/p-1. The SMILES string of the molecule is O=C([O-])c1ccc(-c2ccsc2)cc1. The quantitative estimate of drug-likeness (QED) is 0.746. The van der Waals surface area contributed by atoms with Crippen molar-refractivity contribution in [2.24, 2.45) is 0 Å². The zero-order chi connectivity index (χ0) is 9.97. The highest BCUT2D eigenvalue weighted by atomic mass is 32.1. The van der Waals surface area contributed by atoms with Crippen LogP contribution in [0.3, 0.4) is 0 Å². The molecule has 1 heterocycles. The summed E-state index contributed by atoms with van der Waals surface area (Å²) in [5, 5.41) is 14.5. The van der Waals surface area contributed by atoms with Crippen molar-refractivity contribution in [2.45, 2.75) is 0 Å². The van der Waals surface area contributed by atoms with Gasteiger partial charge in [-0.15, -0.1) is 0 Å². The number of thiophene rings is 1. The second-order valence-electron chi connectivity index (χ2n) is 2.88. The normalized spacial score (nSPS) is 10.0.